The van der Waals surface area contributed by atoms with E-state index >= 15 is 0 Å². The number of unbranched alkanes of at least 4 members (excludes halogenated alkanes) is 2. The Morgan fingerprint density at radius 3 is 2.45 bits per heavy atom. The summed E-state index contributed by atoms with van der Waals surface area (Å²) < 4.78 is 0. The molecule has 3 aromatic rings. The zero-order valence-electron chi connectivity index (χ0n) is 21.8. The molecule has 4 unspecified atom stereocenters. The van der Waals surface area contributed by atoms with Crippen LogP contribution in [-0.4, -0.2) is 29.6 Å². The van der Waals surface area contributed by atoms with Gasteiger partial charge in [0.25, 0.3) is 0 Å². The van der Waals surface area contributed by atoms with Crippen LogP contribution in [0.5, 0.6) is 0 Å². The van der Waals surface area contributed by atoms with Crippen LogP contribution in [-0.2, 0) is 21.4 Å². The summed E-state index contributed by atoms with van der Waals surface area (Å²) >= 11 is 0. The standard InChI is InChI=1S/C33H32N2O3/c1-3-4-5-10-22-15-17-24(18-16-22)31(37)29-30(21(2)36)35-27-14-9-6-11-23(27)19-20-28(35)33(29)25-12-7-8-13-26(25)34-32(33)38/h6-9,11-20,28-30H,3-5,10H2,1-2H3,(H,34,38). The van der Waals surface area contributed by atoms with Crippen LogP contribution in [0.3, 0.4) is 0 Å². The summed E-state index contributed by atoms with van der Waals surface area (Å²) in [5.41, 5.74) is 3.83. The molecule has 5 nitrogen and oxygen atoms in total. The summed E-state index contributed by atoms with van der Waals surface area (Å²) in [7, 11) is 0. The first kappa shape index (κ1) is 24.4. The maximum Gasteiger partial charge on any atom is 0.238 e. The highest BCUT2D eigenvalue weighted by molar-refractivity contribution is 6.16. The molecule has 192 valence electrons. The van der Waals surface area contributed by atoms with Crippen molar-refractivity contribution in [1.82, 2.24) is 0 Å². The number of hydrogen-bond acceptors (Lipinski definition) is 4. The maximum atomic E-state index is 14.5. The molecule has 0 radical (unpaired) electrons. The van der Waals surface area contributed by atoms with Gasteiger partial charge in [-0.3, -0.25) is 14.4 Å². The smallest absolute Gasteiger partial charge is 0.238 e. The Kier molecular flexibility index (Phi) is 6.02. The Morgan fingerprint density at radius 2 is 1.68 bits per heavy atom. The van der Waals surface area contributed by atoms with Crippen molar-refractivity contribution in [3.63, 3.8) is 0 Å². The summed E-state index contributed by atoms with van der Waals surface area (Å²) in [5.74, 6) is -1.40. The van der Waals surface area contributed by atoms with Gasteiger partial charge in [-0.1, -0.05) is 92.6 Å². The quantitative estimate of drug-likeness (QED) is 0.317. The van der Waals surface area contributed by atoms with Gasteiger partial charge < -0.3 is 10.2 Å². The van der Waals surface area contributed by atoms with Gasteiger partial charge in [-0.25, -0.2) is 0 Å². The molecule has 1 amide bonds. The van der Waals surface area contributed by atoms with Gasteiger partial charge in [0.1, 0.15) is 5.41 Å². The highest BCUT2D eigenvalue weighted by atomic mass is 16.2. The molecule has 3 aliphatic rings. The van der Waals surface area contributed by atoms with Crippen LogP contribution in [0.1, 0.15) is 60.2 Å². The fourth-order valence-corrected chi connectivity index (χ4v) is 6.87. The third kappa shape index (κ3) is 3.48. The van der Waals surface area contributed by atoms with E-state index in [0.717, 1.165) is 36.1 Å². The summed E-state index contributed by atoms with van der Waals surface area (Å²) in [5, 5.41) is 3.06. The fraction of sp³-hybridized carbons (Fsp3) is 0.303. The van der Waals surface area contributed by atoms with Gasteiger partial charge in [-0.2, -0.15) is 0 Å². The minimum absolute atomic E-state index is 0.122. The Bertz CT molecular complexity index is 1460. The zero-order chi connectivity index (χ0) is 26.4. The van der Waals surface area contributed by atoms with Gasteiger partial charge in [0.15, 0.2) is 11.6 Å². The third-order valence-corrected chi connectivity index (χ3v) is 8.55. The maximum absolute atomic E-state index is 14.5. The van der Waals surface area contributed by atoms with Crippen molar-refractivity contribution in [2.24, 2.45) is 5.92 Å². The normalized spacial score (nSPS) is 24.6. The number of fused-ring (bicyclic) bond motifs is 6. The number of carbonyl (C=O) groups is 3. The number of para-hydroxylation sites is 2. The number of amides is 1. The van der Waals surface area contributed by atoms with Crippen molar-refractivity contribution in [1.29, 1.82) is 0 Å². The molecule has 0 aromatic heterocycles. The van der Waals surface area contributed by atoms with E-state index in [1.165, 1.54) is 18.9 Å². The van der Waals surface area contributed by atoms with Gasteiger partial charge in [-0.05, 0) is 48.6 Å². The second kappa shape index (κ2) is 9.39. The molecule has 1 fully saturated rings. The van der Waals surface area contributed by atoms with Gasteiger partial charge >= 0.3 is 0 Å². The average Bonchev–Trinajstić information content (AvgIpc) is 3.42. The van der Waals surface area contributed by atoms with E-state index in [1.807, 2.05) is 89.8 Å². The Hall–Kier alpha value is -3.99. The molecule has 38 heavy (non-hydrogen) atoms. The summed E-state index contributed by atoms with van der Waals surface area (Å²) in [6.45, 7) is 3.72. The van der Waals surface area contributed by atoms with E-state index in [0.29, 0.717) is 11.3 Å². The molecule has 6 rings (SSSR count). The van der Waals surface area contributed by atoms with E-state index in [4.69, 9.17) is 0 Å². The van der Waals surface area contributed by atoms with Crippen molar-refractivity contribution in [3.05, 3.63) is 101 Å². The lowest BCUT2D eigenvalue weighted by Gasteiger charge is -2.37. The van der Waals surface area contributed by atoms with E-state index in [2.05, 4.69) is 12.2 Å². The van der Waals surface area contributed by atoms with Crippen LogP contribution in [0, 0.1) is 5.92 Å². The van der Waals surface area contributed by atoms with Crippen molar-refractivity contribution < 1.29 is 14.4 Å². The largest absolute Gasteiger partial charge is 0.352 e. The molecule has 1 spiro atoms. The number of ketones is 2. The summed E-state index contributed by atoms with van der Waals surface area (Å²) in [6, 6.07) is 22.0. The van der Waals surface area contributed by atoms with Crippen molar-refractivity contribution in [2.75, 3.05) is 10.2 Å². The van der Waals surface area contributed by atoms with Crippen molar-refractivity contribution >= 4 is 34.9 Å². The minimum Gasteiger partial charge on any atom is -0.352 e. The first-order valence-corrected chi connectivity index (χ1v) is 13.6. The number of aryl methyl sites for hydroxylation is 1. The molecular formula is C33H32N2O3. The zero-order valence-corrected chi connectivity index (χ0v) is 21.8. The molecule has 3 aromatic carbocycles. The third-order valence-electron chi connectivity index (χ3n) is 8.55. The van der Waals surface area contributed by atoms with E-state index in [-0.39, 0.29) is 17.5 Å². The number of carbonyl (C=O) groups excluding carboxylic acids is 3. The number of nitrogens with one attached hydrogen (secondary N) is 1. The molecule has 0 saturated carbocycles. The van der Waals surface area contributed by atoms with E-state index < -0.39 is 23.4 Å². The van der Waals surface area contributed by atoms with Gasteiger partial charge in [0.2, 0.25) is 5.91 Å². The Labute approximate surface area is 223 Å². The van der Waals surface area contributed by atoms with Gasteiger partial charge in [-0.15, -0.1) is 0 Å². The number of benzene rings is 3. The number of anilines is 2. The van der Waals surface area contributed by atoms with Crippen LogP contribution in [0.4, 0.5) is 11.4 Å². The monoisotopic (exact) mass is 504 g/mol. The van der Waals surface area contributed by atoms with E-state index in [1.54, 1.807) is 0 Å². The summed E-state index contributed by atoms with van der Waals surface area (Å²) in [6.07, 6.45) is 8.43. The predicted octanol–water partition coefficient (Wildman–Crippen LogP) is 5.98. The second-order valence-electron chi connectivity index (χ2n) is 10.7. The first-order chi connectivity index (χ1) is 18.5. The lowest BCUT2D eigenvalue weighted by atomic mass is 9.64. The van der Waals surface area contributed by atoms with Crippen LogP contribution < -0.4 is 10.2 Å². The topological polar surface area (TPSA) is 66.5 Å². The van der Waals surface area contributed by atoms with Crippen molar-refractivity contribution in [2.45, 2.75) is 57.0 Å². The molecule has 1 saturated heterocycles. The fourth-order valence-electron chi connectivity index (χ4n) is 6.87. The number of Topliss-reactive ketones (excluding diaryl/α,β-unsaturated/α-hetero) is 2. The van der Waals surface area contributed by atoms with E-state index in [9.17, 15) is 14.4 Å². The lowest BCUT2D eigenvalue weighted by molar-refractivity contribution is -0.122. The molecule has 5 heteroatoms. The van der Waals surface area contributed by atoms with Crippen LogP contribution in [0.2, 0.25) is 0 Å². The molecule has 1 N–H and O–H groups in total. The Morgan fingerprint density at radius 1 is 0.947 bits per heavy atom. The predicted molar refractivity (Wildman–Crippen MR) is 150 cm³/mol. The molecule has 4 atom stereocenters. The Balaban J connectivity index is 1.52. The van der Waals surface area contributed by atoms with Crippen molar-refractivity contribution in [3.8, 4) is 0 Å². The highest BCUT2D eigenvalue weighted by Crippen LogP contribution is 2.57. The SMILES string of the molecule is CCCCCc1ccc(C(=O)C2C(C(C)=O)N3c4ccccc4C=CC3C23C(=O)Nc2ccccc23)cc1. The highest BCUT2D eigenvalue weighted by Gasteiger charge is 2.69. The molecule has 0 bridgehead atoms. The average molecular weight is 505 g/mol. The second-order valence-corrected chi connectivity index (χ2v) is 10.7. The molecule has 3 heterocycles. The molecule has 3 aliphatic heterocycles. The van der Waals surface area contributed by atoms with Gasteiger partial charge in [0, 0.05) is 16.9 Å². The lowest BCUT2D eigenvalue weighted by Crippen LogP contribution is -2.51. The first-order valence-electron chi connectivity index (χ1n) is 13.6. The van der Waals surface area contributed by atoms with Crippen LogP contribution >= 0.6 is 0 Å². The number of rotatable bonds is 7. The van der Waals surface area contributed by atoms with Gasteiger partial charge in [0.05, 0.1) is 18.0 Å². The number of hydrogen-bond donors (Lipinski definition) is 1. The minimum atomic E-state index is -1.23. The number of nitrogens with zero attached hydrogens (tertiary/aromatic N) is 1. The van der Waals surface area contributed by atoms with Crippen LogP contribution in [0.25, 0.3) is 6.08 Å². The molecular weight excluding hydrogens is 472 g/mol. The van der Waals surface area contributed by atoms with Crippen LogP contribution in [0.15, 0.2) is 78.9 Å². The summed E-state index contributed by atoms with van der Waals surface area (Å²) in [4.78, 5) is 44.1. The molecule has 0 aliphatic carbocycles.